The Morgan fingerprint density at radius 1 is 1.24 bits per heavy atom. The minimum Gasteiger partial charge on any atom is -0.495 e. The fourth-order valence-corrected chi connectivity index (χ4v) is 3.92. The van der Waals surface area contributed by atoms with Gasteiger partial charge < -0.3 is 18.9 Å². The molecule has 0 bridgehead atoms. The van der Waals surface area contributed by atoms with Gasteiger partial charge in [-0.15, -0.1) is 0 Å². The van der Waals surface area contributed by atoms with Crippen LogP contribution >= 0.6 is 11.6 Å². The van der Waals surface area contributed by atoms with Crippen molar-refractivity contribution in [3.8, 4) is 5.75 Å². The molecular formula is C21H20ClN3O4. The van der Waals surface area contributed by atoms with E-state index >= 15 is 0 Å². The zero-order valence-electron chi connectivity index (χ0n) is 16.1. The van der Waals surface area contributed by atoms with E-state index in [0.29, 0.717) is 28.8 Å². The van der Waals surface area contributed by atoms with Crippen LogP contribution < -0.4 is 9.64 Å². The van der Waals surface area contributed by atoms with Gasteiger partial charge in [0, 0.05) is 23.9 Å². The van der Waals surface area contributed by atoms with E-state index in [4.69, 9.17) is 26.1 Å². The van der Waals surface area contributed by atoms with Crippen molar-refractivity contribution < 1.29 is 19.1 Å². The number of rotatable bonds is 5. The molecule has 0 N–H and O–H groups in total. The molecule has 1 aromatic heterocycles. The number of benzene rings is 2. The average Bonchev–Trinajstić information content (AvgIpc) is 3.28. The van der Waals surface area contributed by atoms with E-state index in [1.807, 2.05) is 28.8 Å². The molecule has 8 heteroatoms. The van der Waals surface area contributed by atoms with E-state index in [0.717, 1.165) is 11.0 Å². The summed E-state index contributed by atoms with van der Waals surface area (Å²) in [5.41, 5.74) is 2.24. The number of carbonyl (C=O) groups excluding carboxylic acids is 2. The Morgan fingerprint density at radius 2 is 2.03 bits per heavy atom. The molecule has 0 unspecified atom stereocenters. The zero-order valence-corrected chi connectivity index (χ0v) is 16.8. The van der Waals surface area contributed by atoms with Gasteiger partial charge in [0.05, 0.1) is 30.9 Å². The number of aromatic nitrogens is 2. The Kier molecular flexibility index (Phi) is 5.15. The minimum absolute atomic E-state index is 0.0392. The number of fused-ring (bicyclic) bond motifs is 1. The third-order valence-corrected chi connectivity index (χ3v) is 5.36. The Balaban J connectivity index is 1.73. The number of amides is 1. The minimum atomic E-state index is -0.368. The molecule has 1 aliphatic heterocycles. The van der Waals surface area contributed by atoms with Gasteiger partial charge in [0.1, 0.15) is 18.1 Å². The Bertz CT molecular complexity index is 1090. The van der Waals surface area contributed by atoms with Gasteiger partial charge in [-0.2, -0.15) is 0 Å². The lowest BCUT2D eigenvalue weighted by atomic mass is 10.1. The van der Waals surface area contributed by atoms with Crippen molar-refractivity contribution in [2.24, 2.45) is 0 Å². The third kappa shape index (κ3) is 3.53. The van der Waals surface area contributed by atoms with Crippen LogP contribution in [0.4, 0.5) is 5.69 Å². The van der Waals surface area contributed by atoms with Crippen molar-refractivity contribution in [2.75, 3.05) is 25.7 Å². The van der Waals surface area contributed by atoms with Crippen LogP contribution in [0.3, 0.4) is 0 Å². The van der Waals surface area contributed by atoms with Gasteiger partial charge in [0.2, 0.25) is 5.91 Å². The molecule has 150 valence electrons. The van der Waals surface area contributed by atoms with E-state index in [9.17, 15) is 9.59 Å². The molecule has 1 atom stereocenters. The number of methoxy groups -OCH3 is 2. The highest BCUT2D eigenvalue weighted by Crippen LogP contribution is 2.38. The molecule has 0 aliphatic carbocycles. The normalized spacial score (nSPS) is 16.4. The lowest BCUT2D eigenvalue weighted by molar-refractivity contribution is -0.141. The maximum atomic E-state index is 12.8. The van der Waals surface area contributed by atoms with Crippen LogP contribution in [0, 0.1) is 0 Å². The standard InChI is InChI=1S/C21H20ClN3O4/c1-28-18-8-7-14(22)10-17(18)24-11-13(9-19(24)26)21-23-15-5-3-4-6-16(15)25(21)12-20(27)29-2/h3-8,10,13H,9,11-12H2,1-2H3/t13-/m1/s1. The van der Waals surface area contributed by atoms with Gasteiger partial charge in [-0.05, 0) is 30.3 Å². The Morgan fingerprint density at radius 3 is 2.79 bits per heavy atom. The molecule has 1 aliphatic rings. The quantitative estimate of drug-likeness (QED) is 0.599. The molecule has 0 radical (unpaired) electrons. The summed E-state index contributed by atoms with van der Waals surface area (Å²) in [6.45, 7) is 0.456. The van der Waals surface area contributed by atoms with Crippen LogP contribution in [-0.4, -0.2) is 42.2 Å². The predicted octanol–water partition coefficient (Wildman–Crippen LogP) is 3.39. The third-order valence-electron chi connectivity index (χ3n) is 5.12. The number of carbonyl (C=O) groups is 2. The lowest BCUT2D eigenvalue weighted by Crippen LogP contribution is -2.25. The summed E-state index contributed by atoms with van der Waals surface area (Å²) in [6, 6.07) is 12.8. The van der Waals surface area contributed by atoms with Crippen molar-refractivity contribution in [3.05, 3.63) is 53.3 Å². The number of para-hydroxylation sites is 2. The predicted molar refractivity (Wildman–Crippen MR) is 109 cm³/mol. The van der Waals surface area contributed by atoms with Gasteiger partial charge in [-0.1, -0.05) is 23.7 Å². The number of nitrogens with zero attached hydrogens (tertiary/aromatic N) is 3. The summed E-state index contributed by atoms with van der Waals surface area (Å²) in [5.74, 6) is 0.669. The second kappa shape index (κ2) is 7.75. The van der Waals surface area contributed by atoms with E-state index in [2.05, 4.69) is 0 Å². The summed E-state index contributed by atoms with van der Waals surface area (Å²) in [5, 5.41) is 0.523. The molecule has 1 saturated heterocycles. The van der Waals surface area contributed by atoms with Gasteiger partial charge >= 0.3 is 5.97 Å². The first-order chi connectivity index (χ1) is 14.0. The maximum Gasteiger partial charge on any atom is 0.325 e. The largest absolute Gasteiger partial charge is 0.495 e. The van der Waals surface area contributed by atoms with Crippen LogP contribution in [0.25, 0.3) is 11.0 Å². The van der Waals surface area contributed by atoms with E-state index < -0.39 is 0 Å². The summed E-state index contributed by atoms with van der Waals surface area (Å²) in [7, 11) is 2.91. The number of halogens is 1. The highest BCUT2D eigenvalue weighted by Gasteiger charge is 2.36. The van der Waals surface area contributed by atoms with Gasteiger partial charge in [-0.3, -0.25) is 9.59 Å². The second-order valence-electron chi connectivity index (χ2n) is 6.84. The number of hydrogen-bond acceptors (Lipinski definition) is 5. The van der Waals surface area contributed by atoms with E-state index in [1.165, 1.54) is 7.11 Å². The summed E-state index contributed by atoms with van der Waals surface area (Å²) < 4.78 is 12.1. The topological polar surface area (TPSA) is 73.7 Å². The zero-order chi connectivity index (χ0) is 20.5. The van der Waals surface area contributed by atoms with Crippen LogP contribution in [0.15, 0.2) is 42.5 Å². The van der Waals surface area contributed by atoms with Crippen molar-refractivity contribution in [1.29, 1.82) is 0 Å². The maximum absolute atomic E-state index is 12.8. The van der Waals surface area contributed by atoms with E-state index in [-0.39, 0.29) is 30.8 Å². The number of anilines is 1. The molecule has 1 fully saturated rings. The number of imidazole rings is 1. The fourth-order valence-electron chi connectivity index (χ4n) is 3.75. The molecule has 2 heterocycles. The van der Waals surface area contributed by atoms with Crippen LogP contribution in [0.5, 0.6) is 5.75 Å². The van der Waals surface area contributed by atoms with Crippen molar-refractivity contribution >= 4 is 40.2 Å². The first-order valence-electron chi connectivity index (χ1n) is 9.17. The smallest absolute Gasteiger partial charge is 0.325 e. The number of esters is 1. The monoisotopic (exact) mass is 413 g/mol. The lowest BCUT2D eigenvalue weighted by Gasteiger charge is -2.20. The van der Waals surface area contributed by atoms with E-state index in [1.54, 1.807) is 30.2 Å². The fraction of sp³-hybridized carbons (Fsp3) is 0.286. The second-order valence-corrected chi connectivity index (χ2v) is 7.28. The Hall–Kier alpha value is -3.06. The Labute approximate surface area is 172 Å². The average molecular weight is 414 g/mol. The number of ether oxygens (including phenoxy) is 2. The summed E-state index contributed by atoms with van der Waals surface area (Å²) >= 11 is 6.14. The van der Waals surface area contributed by atoms with Crippen LogP contribution in [0.2, 0.25) is 5.02 Å². The molecule has 0 spiro atoms. The van der Waals surface area contributed by atoms with Crippen molar-refractivity contribution in [2.45, 2.75) is 18.9 Å². The molecule has 2 aromatic carbocycles. The summed E-state index contributed by atoms with van der Waals surface area (Å²) in [4.78, 5) is 31.2. The molecule has 29 heavy (non-hydrogen) atoms. The highest BCUT2D eigenvalue weighted by molar-refractivity contribution is 6.31. The molecular weight excluding hydrogens is 394 g/mol. The molecule has 4 rings (SSSR count). The first-order valence-corrected chi connectivity index (χ1v) is 9.55. The van der Waals surface area contributed by atoms with Crippen LogP contribution in [-0.2, 0) is 20.9 Å². The SMILES string of the molecule is COC(=O)Cn1c([C@@H]2CC(=O)N(c3cc(Cl)ccc3OC)C2)nc2ccccc21. The van der Waals surface area contributed by atoms with Crippen molar-refractivity contribution in [3.63, 3.8) is 0 Å². The molecule has 3 aromatic rings. The highest BCUT2D eigenvalue weighted by atomic mass is 35.5. The van der Waals surface area contributed by atoms with Gasteiger partial charge in [0.25, 0.3) is 0 Å². The van der Waals surface area contributed by atoms with Crippen molar-refractivity contribution in [1.82, 2.24) is 9.55 Å². The molecule has 1 amide bonds. The molecule has 7 nitrogen and oxygen atoms in total. The molecule has 0 saturated carbocycles. The van der Waals surface area contributed by atoms with Gasteiger partial charge in [-0.25, -0.2) is 4.98 Å². The van der Waals surface area contributed by atoms with Gasteiger partial charge in [0.15, 0.2) is 0 Å². The first kappa shape index (κ1) is 19.3. The van der Waals surface area contributed by atoms with Crippen LogP contribution in [0.1, 0.15) is 18.2 Å². The summed E-state index contributed by atoms with van der Waals surface area (Å²) in [6.07, 6.45) is 0.278. The number of hydrogen-bond donors (Lipinski definition) is 0.